The Hall–Kier alpha value is -1.26. The van der Waals surface area contributed by atoms with Gasteiger partial charge in [0.1, 0.15) is 6.54 Å². The largest absolute Gasteiger partial charge is 0.465 e. The number of amides is 2. The number of ether oxygens (including phenoxy) is 1. The van der Waals surface area contributed by atoms with Crippen LogP contribution in [0.3, 0.4) is 0 Å². The van der Waals surface area contributed by atoms with Gasteiger partial charge in [0.05, 0.1) is 6.61 Å². The maximum absolute atomic E-state index is 11.4. The maximum atomic E-state index is 11.4. The lowest BCUT2D eigenvalue weighted by Gasteiger charge is -2.31. The fourth-order valence-corrected chi connectivity index (χ4v) is 1.68. The van der Waals surface area contributed by atoms with Crippen molar-refractivity contribution < 1.29 is 14.3 Å². The second kappa shape index (κ2) is 6.35. The Morgan fingerprint density at radius 2 is 2.12 bits per heavy atom. The van der Waals surface area contributed by atoms with E-state index in [-0.39, 0.29) is 18.6 Å². The molecule has 0 bridgehead atoms. The molecule has 0 radical (unpaired) electrons. The topological polar surface area (TPSA) is 67.4 Å². The van der Waals surface area contributed by atoms with E-state index in [0.717, 1.165) is 0 Å². The molecule has 0 aromatic rings. The highest BCUT2D eigenvalue weighted by Gasteiger charge is 2.24. The van der Waals surface area contributed by atoms with E-state index in [1.165, 1.54) is 19.3 Å². The zero-order valence-corrected chi connectivity index (χ0v) is 9.91. The van der Waals surface area contributed by atoms with Crippen LogP contribution in [0, 0.1) is 5.92 Å². The lowest BCUT2D eigenvalue weighted by Crippen LogP contribution is -2.46. The van der Waals surface area contributed by atoms with Gasteiger partial charge in [0.15, 0.2) is 0 Å². The van der Waals surface area contributed by atoms with E-state index in [2.05, 4.69) is 10.6 Å². The van der Waals surface area contributed by atoms with Crippen LogP contribution in [-0.4, -0.2) is 31.2 Å². The van der Waals surface area contributed by atoms with Crippen molar-refractivity contribution in [2.24, 2.45) is 5.92 Å². The van der Waals surface area contributed by atoms with Crippen molar-refractivity contribution in [1.29, 1.82) is 0 Å². The zero-order valence-electron chi connectivity index (χ0n) is 9.91. The predicted octanol–water partition coefficient (Wildman–Crippen LogP) is 1.04. The van der Waals surface area contributed by atoms with Crippen LogP contribution in [0.4, 0.5) is 4.79 Å². The van der Waals surface area contributed by atoms with Gasteiger partial charge in [0.2, 0.25) is 0 Å². The lowest BCUT2D eigenvalue weighted by molar-refractivity contribution is -0.141. The van der Waals surface area contributed by atoms with E-state index in [1.54, 1.807) is 6.92 Å². The molecule has 1 saturated carbocycles. The molecule has 1 fully saturated rings. The first-order valence-corrected chi connectivity index (χ1v) is 5.83. The van der Waals surface area contributed by atoms with Gasteiger partial charge in [-0.2, -0.15) is 0 Å². The fourth-order valence-electron chi connectivity index (χ4n) is 1.68. The summed E-state index contributed by atoms with van der Waals surface area (Å²) in [5.41, 5.74) is 0. The Kier molecular flexibility index (Phi) is 5.08. The minimum absolute atomic E-state index is 0.0724. The number of carbonyl (C=O) groups excluding carboxylic acids is 2. The smallest absolute Gasteiger partial charge is 0.325 e. The minimum atomic E-state index is -0.408. The molecular formula is C11H20N2O3. The highest BCUT2D eigenvalue weighted by molar-refractivity contribution is 5.80. The molecule has 0 aromatic carbocycles. The van der Waals surface area contributed by atoms with E-state index in [1.807, 2.05) is 6.92 Å². The SMILES string of the molecule is CCOC(=O)CNC(=O)NC(C)C1CCC1. The van der Waals surface area contributed by atoms with Crippen LogP contribution in [-0.2, 0) is 9.53 Å². The van der Waals surface area contributed by atoms with Crippen LogP contribution in [0.2, 0.25) is 0 Å². The predicted molar refractivity (Wildman–Crippen MR) is 60.0 cm³/mol. The molecule has 2 amide bonds. The molecule has 1 rings (SSSR count). The molecule has 1 aliphatic rings. The lowest BCUT2D eigenvalue weighted by atomic mass is 9.80. The van der Waals surface area contributed by atoms with Gasteiger partial charge in [-0.15, -0.1) is 0 Å². The Balaban J connectivity index is 2.12. The van der Waals surface area contributed by atoms with Crippen LogP contribution in [0.5, 0.6) is 0 Å². The zero-order chi connectivity index (χ0) is 12.0. The third-order valence-electron chi connectivity index (χ3n) is 2.91. The summed E-state index contributed by atoms with van der Waals surface area (Å²) in [7, 11) is 0. The molecule has 0 heterocycles. The molecule has 0 saturated heterocycles. The fraction of sp³-hybridized carbons (Fsp3) is 0.818. The normalized spacial score (nSPS) is 17.1. The van der Waals surface area contributed by atoms with Gasteiger partial charge >= 0.3 is 12.0 Å². The van der Waals surface area contributed by atoms with Crippen LogP contribution in [0.25, 0.3) is 0 Å². The van der Waals surface area contributed by atoms with Crippen LogP contribution in [0.15, 0.2) is 0 Å². The van der Waals surface area contributed by atoms with Crippen LogP contribution in [0.1, 0.15) is 33.1 Å². The first-order valence-electron chi connectivity index (χ1n) is 5.83. The number of urea groups is 1. The minimum Gasteiger partial charge on any atom is -0.465 e. The highest BCUT2D eigenvalue weighted by Crippen LogP contribution is 2.29. The van der Waals surface area contributed by atoms with E-state index < -0.39 is 5.97 Å². The Labute approximate surface area is 95.9 Å². The molecular weight excluding hydrogens is 208 g/mol. The van der Waals surface area contributed by atoms with E-state index in [0.29, 0.717) is 12.5 Å². The summed E-state index contributed by atoms with van der Waals surface area (Å²) in [6, 6.07) is -0.122. The molecule has 0 spiro atoms. The van der Waals surface area contributed by atoms with Crippen molar-refractivity contribution in [3.63, 3.8) is 0 Å². The number of esters is 1. The number of hydrogen-bond acceptors (Lipinski definition) is 3. The molecule has 0 aromatic heterocycles. The molecule has 16 heavy (non-hydrogen) atoms. The molecule has 2 N–H and O–H groups in total. The molecule has 5 heteroatoms. The summed E-state index contributed by atoms with van der Waals surface area (Å²) < 4.78 is 4.70. The van der Waals surface area contributed by atoms with Gasteiger partial charge in [0, 0.05) is 6.04 Å². The summed E-state index contributed by atoms with van der Waals surface area (Å²) in [6.45, 7) is 3.99. The van der Waals surface area contributed by atoms with Crippen molar-refractivity contribution in [3.05, 3.63) is 0 Å². The summed E-state index contributed by atoms with van der Waals surface area (Å²) in [6.07, 6.45) is 3.61. The molecule has 0 aliphatic heterocycles. The van der Waals surface area contributed by atoms with Gasteiger partial charge in [0.25, 0.3) is 0 Å². The van der Waals surface area contributed by atoms with E-state index in [9.17, 15) is 9.59 Å². The maximum Gasteiger partial charge on any atom is 0.325 e. The first kappa shape index (κ1) is 12.8. The van der Waals surface area contributed by atoms with Crippen molar-refractivity contribution in [3.8, 4) is 0 Å². The van der Waals surface area contributed by atoms with Crippen molar-refractivity contribution in [2.45, 2.75) is 39.2 Å². The third kappa shape index (κ3) is 4.08. The molecule has 92 valence electrons. The first-order chi connectivity index (χ1) is 7.63. The molecule has 5 nitrogen and oxygen atoms in total. The van der Waals surface area contributed by atoms with Crippen molar-refractivity contribution in [1.82, 2.24) is 10.6 Å². The highest BCUT2D eigenvalue weighted by atomic mass is 16.5. The average molecular weight is 228 g/mol. The quantitative estimate of drug-likeness (QED) is 0.691. The summed E-state index contributed by atoms with van der Waals surface area (Å²) >= 11 is 0. The van der Waals surface area contributed by atoms with E-state index in [4.69, 9.17) is 4.74 Å². The van der Waals surface area contributed by atoms with Gasteiger partial charge in [-0.05, 0) is 32.6 Å². The van der Waals surface area contributed by atoms with Gasteiger partial charge in [-0.1, -0.05) is 6.42 Å². The number of nitrogens with one attached hydrogen (secondary N) is 2. The molecule has 1 atom stereocenters. The second-order valence-corrected chi connectivity index (χ2v) is 4.11. The average Bonchev–Trinajstić information content (AvgIpc) is 2.12. The van der Waals surface area contributed by atoms with Gasteiger partial charge in [-0.3, -0.25) is 4.79 Å². The third-order valence-corrected chi connectivity index (χ3v) is 2.91. The molecule has 1 aliphatic carbocycles. The number of hydrogen-bond donors (Lipinski definition) is 2. The summed E-state index contributed by atoms with van der Waals surface area (Å²) in [5.74, 6) is 0.183. The standard InChI is InChI=1S/C11H20N2O3/c1-3-16-10(14)7-12-11(15)13-8(2)9-5-4-6-9/h8-9H,3-7H2,1-2H3,(H2,12,13,15). The molecule has 1 unspecified atom stereocenters. The monoisotopic (exact) mass is 228 g/mol. The van der Waals surface area contributed by atoms with Crippen LogP contribution < -0.4 is 10.6 Å². The van der Waals surface area contributed by atoms with Crippen molar-refractivity contribution >= 4 is 12.0 Å². The Morgan fingerprint density at radius 3 is 2.62 bits per heavy atom. The number of carbonyl (C=O) groups is 2. The summed E-state index contributed by atoms with van der Waals surface area (Å²) in [5, 5.41) is 5.30. The number of rotatable bonds is 5. The van der Waals surface area contributed by atoms with Gasteiger partial charge < -0.3 is 15.4 Å². The Bertz CT molecular complexity index is 252. The summed E-state index contributed by atoms with van der Waals surface area (Å²) in [4.78, 5) is 22.3. The van der Waals surface area contributed by atoms with E-state index >= 15 is 0 Å². The Morgan fingerprint density at radius 1 is 1.44 bits per heavy atom. The van der Waals surface area contributed by atoms with Gasteiger partial charge in [-0.25, -0.2) is 4.79 Å². The van der Waals surface area contributed by atoms with Crippen molar-refractivity contribution in [2.75, 3.05) is 13.2 Å². The second-order valence-electron chi connectivity index (χ2n) is 4.11. The van der Waals surface area contributed by atoms with Crippen LogP contribution >= 0.6 is 0 Å².